The van der Waals surface area contributed by atoms with Crippen LogP contribution in [0, 0.1) is 5.41 Å². The van der Waals surface area contributed by atoms with E-state index in [4.69, 9.17) is 15.1 Å². The van der Waals surface area contributed by atoms with E-state index in [1.54, 1.807) is 11.3 Å². The number of aliphatic hydroxyl groups is 1. The van der Waals surface area contributed by atoms with E-state index in [0.29, 0.717) is 12.8 Å². The first-order valence-electron chi connectivity index (χ1n) is 13.4. The van der Waals surface area contributed by atoms with E-state index in [-0.39, 0.29) is 5.41 Å². The number of thiazole rings is 1. The maximum absolute atomic E-state index is 10.3. The molecule has 198 valence electrons. The second-order valence-electron chi connectivity index (χ2n) is 10.9. The van der Waals surface area contributed by atoms with Gasteiger partial charge in [0.2, 0.25) is 0 Å². The van der Waals surface area contributed by atoms with Crippen molar-refractivity contribution in [2.45, 2.75) is 30.8 Å². The fourth-order valence-corrected chi connectivity index (χ4v) is 7.01. The fourth-order valence-electron chi connectivity index (χ4n) is 5.91. The molecule has 0 bridgehead atoms. The van der Waals surface area contributed by atoms with Gasteiger partial charge in [0, 0.05) is 61.7 Å². The van der Waals surface area contributed by atoms with Gasteiger partial charge in [0.15, 0.2) is 0 Å². The summed E-state index contributed by atoms with van der Waals surface area (Å²) in [6, 6.07) is 18.9. The zero-order chi connectivity index (χ0) is 26.2. The lowest BCUT2D eigenvalue weighted by atomic mass is 9.57. The molecule has 3 N–H and O–H groups in total. The molecule has 3 aromatic rings. The molecule has 38 heavy (non-hydrogen) atoms. The predicted molar refractivity (Wildman–Crippen MR) is 153 cm³/mol. The number of benzene rings is 2. The lowest BCUT2D eigenvalue weighted by Crippen LogP contribution is -2.53. The van der Waals surface area contributed by atoms with E-state index in [1.165, 1.54) is 11.8 Å². The Morgan fingerprint density at radius 3 is 2.47 bits per heavy atom. The Morgan fingerprint density at radius 1 is 1.05 bits per heavy atom. The Balaban J connectivity index is 1.26. The lowest BCUT2D eigenvalue weighted by Gasteiger charge is -2.50. The second kappa shape index (κ2) is 10.4. The van der Waals surface area contributed by atoms with Crippen LogP contribution < -0.4 is 5.43 Å². The number of hydrogen-bond donors (Lipinski definition) is 3. The number of aromatic nitrogens is 1. The average molecular weight is 530 g/mol. The number of nitrogens with one attached hydrogen (secondary N) is 2. The maximum atomic E-state index is 10.3. The van der Waals surface area contributed by atoms with Gasteiger partial charge in [-0.05, 0) is 30.9 Å². The average Bonchev–Trinajstić information content (AvgIpc) is 3.59. The highest BCUT2D eigenvalue weighted by Crippen LogP contribution is 2.49. The Hall–Kier alpha value is -2.88. The van der Waals surface area contributed by atoms with Gasteiger partial charge < -0.3 is 20.3 Å². The van der Waals surface area contributed by atoms with Crippen molar-refractivity contribution in [3.8, 4) is 21.7 Å². The zero-order valence-electron chi connectivity index (χ0n) is 21.8. The SMILES string of the molecule is CC1(O)CC(C=N)(c2ccc(-c3nc(C4=CN(CCN5CCOCC5)NC4)sc3-c3ccccc3)cc2)C1. The van der Waals surface area contributed by atoms with Crippen LogP contribution in [-0.4, -0.2) is 77.8 Å². The van der Waals surface area contributed by atoms with Crippen LogP contribution >= 0.6 is 11.3 Å². The van der Waals surface area contributed by atoms with Crippen LogP contribution in [0.25, 0.3) is 27.3 Å². The summed E-state index contributed by atoms with van der Waals surface area (Å²) >= 11 is 1.74. The van der Waals surface area contributed by atoms with Crippen molar-refractivity contribution in [2.75, 3.05) is 45.9 Å². The Bertz CT molecular complexity index is 1300. The van der Waals surface area contributed by atoms with Crippen molar-refractivity contribution in [3.05, 3.63) is 71.4 Å². The number of rotatable bonds is 8. The van der Waals surface area contributed by atoms with E-state index >= 15 is 0 Å². The van der Waals surface area contributed by atoms with Crippen molar-refractivity contribution in [1.82, 2.24) is 20.3 Å². The van der Waals surface area contributed by atoms with Gasteiger partial charge in [-0.1, -0.05) is 54.6 Å². The van der Waals surface area contributed by atoms with Crippen LogP contribution in [-0.2, 0) is 10.2 Å². The largest absolute Gasteiger partial charge is 0.390 e. The summed E-state index contributed by atoms with van der Waals surface area (Å²) in [6.07, 6.45) is 4.88. The molecule has 0 spiro atoms. The van der Waals surface area contributed by atoms with Gasteiger partial charge in [-0.2, -0.15) is 0 Å². The van der Waals surface area contributed by atoms with E-state index in [1.807, 2.05) is 13.0 Å². The van der Waals surface area contributed by atoms with Crippen LogP contribution in [0.4, 0.5) is 0 Å². The number of morpholine rings is 1. The molecule has 2 fully saturated rings. The van der Waals surface area contributed by atoms with E-state index in [9.17, 15) is 5.11 Å². The summed E-state index contributed by atoms with van der Waals surface area (Å²) in [5, 5.41) is 21.6. The second-order valence-corrected chi connectivity index (χ2v) is 11.9. The van der Waals surface area contributed by atoms with Crippen molar-refractivity contribution < 1.29 is 9.84 Å². The summed E-state index contributed by atoms with van der Waals surface area (Å²) in [5.74, 6) is 0. The van der Waals surface area contributed by atoms with Crippen molar-refractivity contribution in [1.29, 1.82) is 5.41 Å². The van der Waals surface area contributed by atoms with Crippen LogP contribution in [0.1, 0.15) is 30.3 Å². The first-order valence-corrected chi connectivity index (χ1v) is 14.2. The maximum Gasteiger partial charge on any atom is 0.123 e. The molecule has 3 heterocycles. The normalized spacial score (nSPS) is 25.7. The molecule has 1 aliphatic carbocycles. The van der Waals surface area contributed by atoms with Crippen LogP contribution in [0.15, 0.2) is 60.8 Å². The standard InChI is InChI=1S/C30H35N5O2S/c1-29(36)19-30(20-29,21-31)25-9-7-22(8-10-25)26-27(23-5-3-2-4-6-23)38-28(33-26)24-17-32-35(18-24)12-11-34-13-15-37-16-14-34/h2-10,18,21,31-32,36H,11-17,19-20H2,1H3. The van der Waals surface area contributed by atoms with E-state index in [2.05, 4.69) is 70.1 Å². The predicted octanol–water partition coefficient (Wildman–Crippen LogP) is 4.40. The highest BCUT2D eigenvalue weighted by Gasteiger charge is 2.50. The van der Waals surface area contributed by atoms with E-state index < -0.39 is 5.60 Å². The molecule has 6 rings (SSSR count). The summed E-state index contributed by atoms with van der Waals surface area (Å²) in [6.45, 7) is 8.20. The first-order chi connectivity index (χ1) is 18.4. The van der Waals surface area contributed by atoms with Gasteiger partial charge in [-0.15, -0.1) is 11.3 Å². The van der Waals surface area contributed by atoms with Crippen LogP contribution in [0.3, 0.4) is 0 Å². The van der Waals surface area contributed by atoms with Crippen molar-refractivity contribution in [2.24, 2.45) is 0 Å². The molecule has 7 nitrogen and oxygen atoms in total. The quantitative estimate of drug-likeness (QED) is 0.375. The molecule has 2 aromatic carbocycles. The third-order valence-corrected chi connectivity index (χ3v) is 9.07. The third kappa shape index (κ3) is 5.07. The minimum absolute atomic E-state index is 0.372. The zero-order valence-corrected chi connectivity index (χ0v) is 22.6. The highest BCUT2D eigenvalue weighted by molar-refractivity contribution is 7.16. The molecule has 0 radical (unpaired) electrons. The number of nitrogens with zero attached hydrogens (tertiary/aromatic N) is 3. The van der Waals surface area contributed by atoms with Gasteiger partial charge in [-0.25, -0.2) is 10.4 Å². The Morgan fingerprint density at radius 2 is 1.79 bits per heavy atom. The third-order valence-electron chi connectivity index (χ3n) is 7.89. The first kappa shape index (κ1) is 25.4. The topological polar surface area (TPSA) is 84.7 Å². The number of ether oxygens (including phenoxy) is 1. The number of hydrazine groups is 1. The summed E-state index contributed by atoms with van der Waals surface area (Å²) in [7, 11) is 0. The summed E-state index contributed by atoms with van der Waals surface area (Å²) in [5.41, 5.74) is 7.95. The molecule has 3 aliphatic rings. The molecule has 1 saturated heterocycles. The van der Waals surface area contributed by atoms with Gasteiger partial charge in [0.1, 0.15) is 5.01 Å². The minimum Gasteiger partial charge on any atom is -0.390 e. The number of hydrogen-bond acceptors (Lipinski definition) is 8. The monoisotopic (exact) mass is 529 g/mol. The van der Waals surface area contributed by atoms with Crippen molar-refractivity contribution in [3.63, 3.8) is 0 Å². The minimum atomic E-state index is -0.695. The van der Waals surface area contributed by atoms with Gasteiger partial charge in [0.05, 0.1) is 29.4 Å². The molecule has 0 unspecified atom stereocenters. The van der Waals surface area contributed by atoms with Crippen LogP contribution in [0.2, 0.25) is 0 Å². The molecule has 1 aromatic heterocycles. The van der Waals surface area contributed by atoms with Gasteiger partial charge in [0.25, 0.3) is 0 Å². The smallest absolute Gasteiger partial charge is 0.123 e. The summed E-state index contributed by atoms with van der Waals surface area (Å²) in [4.78, 5) is 8.77. The lowest BCUT2D eigenvalue weighted by molar-refractivity contribution is -0.0499. The van der Waals surface area contributed by atoms with E-state index in [0.717, 1.165) is 78.2 Å². The van der Waals surface area contributed by atoms with Crippen molar-refractivity contribution >= 4 is 23.1 Å². The molecule has 0 amide bonds. The van der Waals surface area contributed by atoms with Crippen LogP contribution in [0.5, 0.6) is 0 Å². The highest BCUT2D eigenvalue weighted by atomic mass is 32.1. The molecule has 1 saturated carbocycles. The fraction of sp³-hybridized carbons (Fsp3) is 0.400. The summed E-state index contributed by atoms with van der Waals surface area (Å²) < 4.78 is 5.47. The van der Waals surface area contributed by atoms with Gasteiger partial charge >= 0.3 is 0 Å². The Kier molecular flexibility index (Phi) is 6.92. The van der Waals surface area contributed by atoms with Gasteiger partial charge in [-0.3, -0.25) is 4.90 Å². The molecule has 2 aliphatic heterocycles. The Labute approximate surface area is 228 Å². The molecular formula is C30H35N5O2S. The molecular weight excluding hydrogens is 494 g/mol. The molecule has 8 heteroatoms. The molecule has 0 atom stereocenters.